The number of quaternary nitrogens is 1. The van der Waals surface area contributed by atoms with Crippen LogP contribution in [-0.2, 0) is 11.0 Å². The van der Waals surface area contributed by atoms with Crippen LogP contribution in [0.5, 0.6) is 0 Å². The molecule has 2 aliphatic rings. The van der Waals surface area contributed by atoms with Gasteiger partial charge in [0.2, 0.25) is 0 Å². The predicted octanol–water partition coefficient (Wildman–Crippen LogP) is 1.74. The summed E-state index contributed by atoms with van der Waals surface area (Å²) in [4.78, 5) is 28.5. The summed E-state index contributed by atoms with van der Waals surface area (Å²) in [5, 5.41) is 0. The maximum Gasteiger partial charge on any atom is 0.416 e. The zero-order valence-electron chi connectivity index (χ0n) is 15.3. The molecular formula is C20H18F4N3O2+. The third kappa shape index (κ3) is 3.69. The van der Waals surface area contributed by atoms with Crippen LogP contribution in [0.15, 0.2) is 42.5 Å². The van der Waals surface area contributed by atoms with Gasteiger partial charge in [0.25, 0.3) is 5.78 Å². The van der Waals surface area contributed by atoms with Crippen LogP contribution in [0, 0.1) is 5.82 Å². The standard InChI is InChI=1S/C20H17F4N3O2/c21-14-4-5-16-17(11-14)27(19(29)18(16)28)12-25-6-8-26(9-7-25)15-3-1-2-13(10-15)20(22,23)24/h1-5,10-11H,6-9,12H2/p+1. The molecule has 0 aliphatic carbocycles. The van der Waals surface area contributed by atoms with Crippen LogP contribution in [0.4, 0.5) is 28.9 Å². The summed E-state index contributed by atoms with van der Waals surface area (Å²) in [7, 11) is 0. The van der Waals surface area contributed by atoms with E-state index in [9.17, 15) is 27.2 Å². The van der Waals surface area contributed by atoms with E-state index in [1.807, 2.05) is 4.90 Å². The van der Waals surface area contributed by atoms with E-state index in [0.717, 1.165) is 23.1 Å². The van der Waals surface area contributed by atoms with Crippen LogP contribution in [0.2, 0.25) is 0 Å². The maximum absolute atomic E-state index is 13.6. The molecule has 0 spiro atoms. The van der Waals surface area contributed by atoms with E-state index in [1.165, 1.54) is 23.1 Å². The highest BCUT2D eigenvalue weighted by molar-refractivity contribution is 6.52. The van der Waals surface area contributed by atoms with Gasteiger partial charge in [-0.05, 0) is 36.4 Å². The lowest BCUT2D eigenvalue weighted by atomic mass is 10.1. The van der Waals surface area contributed by atoms with Crippen LogP contribution in [0.1, 0.15) is 15.9 Å². The Labute approximate surface area is 164 Å². The molecule has 1 amide bonds. The van der Waals surface area contributed by atoms with Crippen molar-refractivity contribution >= 4 is 23.1 Å². The first-order chi connectivity index (χ1) is 13.7. The number of fused-ring (bicyclic) bond motifs is 1. The number of carbonyl (C=O) groups is 2. The van der Waals surface area contributed by atoms with E-state index < -0.39 is 29.2 Å². The van der Waals surface area contributed by atoms with Gasteiger partial charge in [-0.3, -0.25) is 14.5 Å². The van der Waals surface area contributed by atoms with Crippen LogP contribution in [-0.4, -0.2) is 44.5 Å². The molecule has 0 aromatic heterocycles. The topological polar surface area (TPSA) is 45.1 Å². The number of nitrogens with one attached hydrogen (secondary N) is 1. The molecule has 0 radical (unpaired) electrons. The molecule has 0 saturated carbocycles. The van der Waals surface area contributed by atoms with E-state index in [0.29, 0.717) is 31.9 Å². The smallest absolute Gasteiger partial charge is 0.360 e. The fourth-order valence-electron chi connectivity index (χ4n) is 3.77. The van der Waals surface area contributed by atoms with Crippen LogP contribution in [0.3, 0.4) is 0 Å². The van der Waals surface area contributed by atoms with E-state index in [-0.39, 0.29) is 17.9 Å². The SMILES string of the molecule is O=C1C(=O)N(C[NH+]2CCN(c3cccc(C(F)(F)F)c3)CC2)c2cc(F)ccc21. The van der Waals surface area contributed by atoms with Crippen molar-refractivity contribution in [3.8, 4) is 0 Å². The zero-order chi connectivity index (χ0) is 20.8. The number of benzene rings is 2. The molecular weight excluding hydrogens is 390 g/mol. The van der Waals surface area contributed by atoms with Gasteiger partial charge in [-0.2, -0.15) is 13.2 Å². The number of piperazine rings is 1. The van der Waals surface area contributed by atoms with Gasteiger partial charge in [0, 0.05) is 5.69 Å². The van der Waals surface area contributed by atoms with Crippen molar-refractivity contribution in [2.45, 2.75) is 6.18 Å². The second kappa shape index (κ2) is 7.14. The van der Waals surface area contributed by atoms with Crippen molar-refractivity contribution in [1.82, 2.24) is 0 Å². The Kier molecular flexibility index (Phi) is 4.77. The number of halogens is 4. The summed E-state index contributed by atoms with van der Waals surface area (Å²) in [5.74, 6) is -1.86. The Hall–Kier alpha value is -2.94. The zero-order valence-corrected chi connectivity index (χ0v) is 15.3. The molecule has 1 N–H and O–H groups in total. The largest absolute Gasteiger partial charge is 0.416 e. The lowest BCUT2D eigenvalue weighted by Crippen LogP contribution is -3.16. The van der Waals surface area contributed by atoms with Crippen LogP contribution in [0.25, 0.3) is 0 Å². The fourth-order valence-corrected chi connectivity index (χ4v) is 3.77. The number of anilines is 2. The first kappa shape index (κ1) is 19.4. The minimum atomic E-state index is -4.39. The van der Waals surface area contributed by atoms with Gasteiger partial charge >= 0.3 is 12.1 Å². The minimum absolute atomic E-state index is 0.193. The predicted molar refractivity (Wildman–Crippen MR) is 97.4 cm³/mol. The Morgan fingerprint density at radius 2 is 1.72 bits per heavy atom. The maximum atomic E-state index is 13.6. The monoisotopic (exact) mass is 408 g/mol. The Bertz CT molecular complexity index is 968. The average molecular weight is 408 g/mol. The second-order valence-electron chi connectivity index (χ2n) is 7.17. The molecule has 2 heterocycles. The molecule has 9 heteroatoms. The van der Waals surface area contributed by atoms with Gasteiger partial charge in [-0.25, -0.2) is 4.39 Å². The summed E-state index contributed by atoms with van der Waals surface area (Å²) in [5.41, 5.74) is 0.273. The fraction of sp³-hybridized carbons (Fsp3) is 0.300. The minimum Gasteiger partial charge on any atom is -0.360 e. The van der Waals surface area contributed by atoms with Crippen molar-refractivity contribution in [2.75, 3.05) is 42.6 Å². The van der Waals surface area contributed by atoms with Crippen molar-refractivity contribution in [1.29, 1.82) is 0 Å². The van der Waals surface area contributed by atoms with Crippen molar-refractivity contribution in [2.24, 2.45) is 0 Å². The summed E-state index contributed by atoms with van der Waals surface area (Å²) < 4.78 is 52.4. The highest BCUT2D eigenvalue weighted by Crippen LogP contribution is 2.32. The lowest BCUT2D eigenvalue weighted by Gasteiger charge is -2.35. The quantitative estimate of drug-likeness (QED) is 0.622. The average Bonchev–Trinajstić information content (AvgIpc) is 2.92. The summed E-state index contributed by atoms with van der Waals surface area (Å²) in [6, 6.07) is 8.83. The number of hydrogen-bond donors (Lipinski definition) is 1. The highest BCUT2D eigenvalue weighted by atomic mass is 19.4. The molecule has 29 heavy (non-hydrogen) atoms. The number of ketones is 1. The Morgan fingerprint density at radius 1 is 1.00 bits per heavy atom. The number of hydrogen-bond acceptors (Lipinski definition) is 3. The molecule has 2 aromatic carbocycles. The van der Waals surface area contributed by atoms with Gasteiger partial charge in [0.05, 0.1) is 43.0 Å². The Balaban J connectivity index is 1.43. The van der Waals surface area contributed by atoms with Gasteiger partial charge in [0.1, 0.15) is 5.82 Å². The number of rotatable bonds is 3. The lowest BCUT2D eigenvalue weighted by molar-refractivity contribution is -0.899. The molecule has 0 bridgehead atoms. The van der Waals surface area contributed by atoms with Crippen molar-refractivity contribution in [3.63, 3.8) is 0 Å². The van der Waals surface area contributed by atoms with Gasteiger partial charge < -0.3 is 9.80 Å². The van der Waals surface area contributed by atoms with Crippen molar-refractivity contribution < 1.29 is 32.1 Å². The van der Waals surface area contributed by atoms with Gasteiger partial charge in [-0.15, -0.1) is 0 Å². The summed E-state index contributed by atoms with van der Waals surface area (Å²) >= 11 is 0. The normalized spacial score (nSPS) is 17.8. The third-order valence-electron chi connectivity index (χ3n) is 5.33. The first-order valence-corrected chi connectivity index (χ1v) is 9.15. The van der Waals surface area contributed by atoms with Crippen LogP contribution >= 0.6 is 0 Å². The molecule has 1 saturated heterocycles. The van der Waals surface area contributed by atoms with E-state index in [1.54, 1.807) is 6.07 Å². The number of carbonyl (C=O) groups excluding carboxylic acids is 2. The molecule has 2 aliphatic heterocycles. The third-order valence-corrected chi connectivity index (χ3v) is 5.33. The van der Waals surface area contributed by atoms with Gasteiger partial charge in [-0.1, -0.05) is 6.07 Å². The van der Waals surface area contributed by atoms with E-state index >= 15 is 0 Å². The molecule has 1 fully saturated rings. The van der Waals surface area contributed by atoms with Crippen LogP contribution < -0.4 is 14.7 Å². The summed E-state index contributed by atoms with van der Waals surface area (Å²) in [6.45, 7) is 2.35. The first-order valence-electron chi connectivity index (χ1n) is 9.15. The Morgan fingerprint density at radius 3 is 2.41 bits per heavy atom. The van der Waals surface area contributed by atoms with Crippen molar-refractivity contribution in [3.05, 3.63) is 59.4 Å². The van der Waals surface area contributed by atoms with Gasteiger partial charge in [0.15, 0.2) is 6.67 Å². The number of nitrogens with zero attached hydrogens (tertiary/aromatic N) is 2. The number of alkyl halides is 3. The molecule has 5 nitrogen and oxygen atoms in total. The number of amides is 1. The highest BCUT2D eigenvalue weighted by Gasteiger charge is 2.38. The number of Topliss-reactive ketones (excluding diaryl/α,β-unsaturated/α-hetero) is 1. The van der Waals surface area contributed by atoms with E-state index in [2.05, 4.69) is 0 Å². The molecule has 0 unspecified atom stereocenters. The molecule has 2 aromatic rings. The molecule has 0 atom stereocenters. The summed E-state index contributed by atoms with van der Waals surface area (Å²) in [6.07, 6.45) is -4.39. The van der Waals surface area contributed by atoms with E-state index in [4.69, 9.17) is 0 Å². The molecule has 152 valence electrons. The second-order valence-corrected chi connectivity index (χ2v) is 7.17. The molecule has 4 rings (SSSR count).